The van der Waals surface area contributed by atoms with Gasteiger partial charge in [0, 0.05) is 10.4 Å². The number of rotatable bonds is 3. The van der Waals surface area contributed by atoms with Crippen LogP contribution in [0.15, 0.2) is 22.7 Å². The molecule has 0 aromatic heterocycles. The van der Waals surface area contributed by atoms with Gasteiger partial charge in [0.15, 0.2) is 0 Å². The summed E-state index contributed by atoms with van der Waals surface area (Å²) in [6.45, 7) is 0. The fourth-order valence-corrected chi connectivity index (χ4v) is 3.20. The first kappa shape index (κ1) is 15.3. The zero-order valence-corrected chi connectivity index (χ0v) is 13.1. The molecule has 2 atom stereocenters. The topological polar surface area (TPSA) is 66.4 Å². The molecule has 6 heteroatoms. The van der Waals surface area contributed by atoms with Gasteiger partial charge in [0.25, 0.3) is 0 Å². The third kappa shape index (κ3) is 3.73. The molecule has 0 spiro atoms. The molecular formula is C14H15BrClNO3. The van der Waals surface area contributed by atoms with E-state index in [1.165, 1.54) is 0 Å². The highest BCUT2D eigenvalue weighted by molar-refractivity contribution is 9.10. The number of hydrogen-bond acceptors (Lipinski definition) is 2. The number of carboxylic acids is 1. The molecule has 2 N–H and O–H groups in total. The lowest BCUT2D eigenvalue weighted by molar-refractivity contribution is -0.143. The maximum absolute atomic E-state index is 12.2. The molecule has 0 aliphatic heterocycles. The normalized spacial score (nSPS) is 22.3. The van der Waals surface area contributed by atoms with Gasteiger partial charge in [-0.2, -0.15) is 0 Å². The second-order valence-corrected chi connectivity index (χ2v) is 6.33. The summed E-state index contributed by atoms with van der Waals surface area (Å²) >= 11 is 9.35. The van der Waals surface area contributed by atoms with Crippen molar-refractivity contribution < 1.29 is 14.7 Å². The van der Waals surface area contributed by atoms with Crippen LogP contribution in [0, 0.1) is 11.8 Å². The third-order valence-electron chi connectivity index (χ3n) is 3.58. The number of nitrogens with one attached hydrogen (secondary N) is 1. The third-order valence-corrected chi connectivity index (χ3v) is 4.39. The molecule has 1 amide bonds. The molecule has 0 heterocycles. The summed E-state index contributed by atoms with van der Waals surface area (Å²) in [5.41, 5.74) is 0.553. The van der Waals surface area contributed by atoms with E-state index in [0.29, 0.717) is 23.6 Å². The van der Waals surface area contributed by atoms with Gasteiger partial charge in [-0.3, -0.25) is 9.59 Å². The van der Waals surface area contributed by atoms with Gasteiger partial charge in [-0.05, 0) is 37.5 Å². The highest BCUT2D eigenvalue weighted by Crippen LogP contribution is 2.31. The van der Waals surface area contributed by atoms with Gasteiger partial charge in [0.05, 0.1) is 16.6 Å². The van der Waals surface area contributed by atoms with Crippen LogP contribution in [0.3, 0.4) is 0 Å². The molecule has 1 saturated carbocycles. The van der Waals surface area contributed by atoms with Gasteiger partial charge in [-0.1, -0.05) is 34.0 Å². The van der Waals surface area contributed by atoms with Gasteiger partial charge < -0.3 is 10.4 Å². The number of halogens is 2. The van der Waals surface area contributed by atoms with Crippen LogP contribution in [-0.2, 0) is 9.59 Å². The van der Waals surface area contributed by atoms with Crippen molar-refractivity contribution in [2.45, 2.75) is 25.7 Å². The van der Waals surface area contributed by atoms with E-state index < -0.39 is 11.9 Å². The number of benzene rings is 1. The Kier molecular flexibility index (Phi) is 5.05. The molecule has 1 aromatic rings. The average molecular weight is 361 g/mol. The van der Waals surface area contributed by atoms with Crippen LogP contribution in [0.25, 0.3) is 0 Å². The molecule has 1 aliphatic carbocycles. The highest BCUT2D eigenvalue weighted by Gasteiger charge is 2.31. The zero-order valence-electron chi connectivity index (χ0n) is 10.7. The number of amides is 1. The lowest BCUT2D eigenvalue weighted by Crippen LogP contribution is -2.31. The Morgan fingerprint density at radius 2 is 2.00 bits per heavy atom. The summed E-state index contributed by atoms with van der Waals surface area (Å²) in [6.07, 6.45) is 2.54. The molecule has 108 valence electrons. The van der Waals surface area contributed by atoms with Crippen LogP contribution in [0.1, 0.15) is 25.7 Å². The Hall–Kier alpha value is -1.07. The maximum atomic E-state index is 12.2. The van der Waals surface area contributed by atoms with Crippen LogP contribution in [-0.4, -0.2) is 17.0 Å². The Balaban J connectivity index is 2.02. The number of anilines is 1. The molecule has 2 rings (SSSR count). The minimum absolute atomic E-state index is 0.153. The van der Waals surface area contributed by atoms with Crippen LogP contribution < -0.4 is 5.32 Å². The summed E-state index contributed by atoms with van der Waals surface area (Å²) in [5.74, 6) is -1.64. The number of hydrogen-bond donors (Lipinski definition) is 2. The van der Waals surface area contributed by atoms with Crippen molar-refractivity contribution in [1.29, 1.82) is 0 Å². The highest BCUT2D eigenvalue weighted by atomic mass is 79.9. The van der Waals surface area contributed by atoms with Gasteiger partial charge in [0.1, 0.15) is 0 Å². The van der Waals surface area contributed by atoms with Gasteiger partial charge in [-0.15, -0.1) is 0 Å². The number of carbonyl (C=O) groups excluding carboxylic acids is 1. The predicted octanol–water partition coefficient (Wildman–Crippen LogP) is 3.93. The van der Waals surface area contributed by atoms with Crippen molar-refractivity contribution in [2.24, 2.45) is 11.8 Å². The van der Waals surface area contributed by atoms with Crippen LogP contribution in [0.2, 0.25) is 5.02 Å². The fraction of sp³-hybridized carbons (Fsp3) is 0.429. The SMILES string of the molecule is O=C(O)C1CCCC(C(=O)Nc2ccc(Br)cc2Cl)C1. The molecular weight excluding hydrogens is 346 g/mol. The number of carbonyl (C=O) groups is 2. The molecule has 0 bridgehead atoms. The van der Waals surface area contributed by atoms with Crippen LogP contribution in [0.5, 0.6) is 0 Å². The van der Waals surface area contributed by atoms with E-state index in [0.717, 1.165) is 17.3 Å². The van der Waals surface area contributed by atoms with Crippen molar-refractivity contribution in [2.75, 3.05) is 5.32 Å². The molecule has 20 heavy (non-hydrogen) atoms. The second-order valence-electron chi connectivity index (χ2n) is 5.01. The molecule has 0 radical (unpaired) electrons. The maximum Gasteiger partial charge on any atom is 0.306 e. The summed E-state index contributed by atoms with van der Waals surface area (Å²) in [7, 11) is 0. The molecule has 1 aromatic carbocycles. The van der Waals surface area contributed by atoms with Crippen molar-refractivity contribution in [1.82, 2.24) is 0 Å². The van der Waals surface area contributed by atoms with Crippen LogP contribution >= 0.6 is 27.5 Å². The van der Waals surface area contributed by atoms with Gasteiger partial charge >= 0.3 is 5.97 Å². The monoisotopic (exact) mass is 359 g/mol. The van der Waals surface area contributed by atoms with E-state index in [1.54, 1.807) is 18.2 Å². The minimum atomic E-state index is -0.816. The van der Waals surface area contributed by atoms with E-state index in [4.69, 9.17) is 16.7 Å². The van der Waals surface area contributed by atoms with Gasteiger partial charge in [0.2, 0.25) is 5.91 Å². The number of aliphatic carboxylic acids is 1. The zero-order chi connectivity index (χ0) is 14.7. The smallest absolute Gasteiger partial charge is 0.306 e. The molecule has 1 aliphatic rings. The summed E-state index contributed by atoms with van der Waals surface area (Å²) in [6, 6.07) is 5.22. The Morgan fingerprint density at radius 1 is 1.30 bits per heavy atom. The van der Waals surface area contributed by atoms with E-state index in [-0.39, 0.29) is 11.8 Å². The predicted molar refractivity (Wildman–Crippen MR) is 80.9 cm³/mol. The van der Waals surface area contributed by atoms with E-state index in [1.807, 2.05) is 0 Å². The first-order valence-electron chi connectivity index (χ1n) is 6.46. The van der Waals surface area contributed by atoms with Crippen molar-refractivity contribution >= 4 is 45.1 Å². The summed E-state index contributed by atoms with van der Waals surface area (Å²) < 4.78 is 0.837. The fourth-order valence-electron chi connectivity index (χ4n) is 2.48. The summed E-state index contributed by atoms with van der Waals surface area (Å²) in [5, 5.41) is 12.3. The van der Waals surface area contributed by atoms with Crippen molar-refractivity contribution in [3.8, 4) is 0 Å². The van der Waals surface area contributed by atoms with E-state index >= 15 is 0 Å². The average Bonchev–Trinajstić information content (AvgIpc) is 2.42. The standard InChI is InChI=1S/C14H15BrClNO3/c15-10-4-5-12(11(16)7-10)17-13(18)8-2-1-3-9(6-8)14(19)20/h4-5,7-9H,1-3,6H2,(H,17,18)(H,19,20). The Bertz CT molecular complexity index is 535. The lowest BCUT2D eigenvalue weighted by atomic mass is 9.81. The minimum Gasteiger partial charge on any atom is -0.481 e. The first-order chi connectivity index (χ1) is 9.47. The molecule has 4 nitrogen and oxygen atoms in total. The largest absolute Gasteiger partial charge is 0.481 e. The van der Waals surface area contributed by atoms with Crippen molar-refractivity contribution in [3.63, 3.8) is 0 Å². The summed E-state index contributed by atoms with van der Waals surface area (Å²) in [4.78, 5) is 23.2. The van der Waals surface area contributed by atoms with Gasteiger partial charge in [-0.25, -0.2) is 0 Å². The number of carboxylic acid groups (broad SMARTS) is 1. The lowest BCUT2D eigenvalue weighted by Gasteiger charge is -2.25. The van der Waals surface area contributed by atoms with Crippen molar-refractivity contribution in [3.05, 3.63) is 27.7 Å². The van der Waals surface area contributed by atoms with Crippen LogP contribution in [0.4, 0.5) is 5.69 Å². The second kappa shape index (κ2) is 6.59. The Morgan fingerprint density at radius 3 is 2.65 bits per heavy atom. The molecule has 0 saturated heterocycles. The quantitative estimate of drug-likeness (QED) is 0.858. The van der Waals surface area contributed by atoms with E-state index in [2.05, 4.69) is 21.2 Å². The molecule has 1 fully saturated rings. The molecule has 2 unspecified atom stereocenters. The Labute approximate surface area is 130 Å². The van der Waals surface area contributed by atoms with E-state index in [9.17, 15) is 9.59 Å². The first-order valence-corrected chi connectivity index (χ1v) is 7.63.